The van der Waals surface area contributed by atoms with Crippen molar-refractivity contribution < 1.29 is 9.53 Å². The number of carbonyl (C=O) groups is 1. The van der Waals surface area contributed by atoms with E-state index in [-0.39, 0.29) is 5.91 Å². The van der Waals surface area contributed by atoms with Crippen LogP contribution in [0.4, 0.5) is 5.69 Å². The maximum Gasteiger partial charge on any atom is 0.248 e. The zero-order valence-corrected chi connectivity index (χ0v) is 13.5. The highest BCUT2D eigenvalue weighted by Crippen LogP contribution is 2.14. The lowest BCUT2D eigenvalue weighted by Crippen LogP contribution is -2.07. The minimum absolute atomic E-state index is 0.205. The van der Waals surface area contributed by atoms with Crippen LogP contribution in [0.5, 0.6) is 5.75 Å². The molecule has 0 aliphatic heterocycles. The number of carbonyl (C=O) groups excluding carboxylic acids is 1. The fraction of sp³-hybridized carbons (Fsp3) is 0.0500. The highest BCUT2D eigenvalue weighted by Gasteiger charge is 1.99. The number of hydrogen-bond donors (Lipinski definition) is 1. The minimum Gasteiger partial charge on any atom is -0.487 e. The van der Waals surface area contributed by atoms with E-state index in [4.69, 9.17) is 4.74 Å². The summed E-state index contributed by atoms with van der Waals surface area (Å²) in [5, 5.41) is 2.74. The number of pyridine rings is 2. The molecule has 124 valence electrons. The van der Waals surface area contributed by atoms with Gasteiger partial charge in [-0.2, -0.15) is 0 Å². The van der Waals surface area contributed by atoms with Crippen LogP contribution in [0.2, 0.25) is 0 Å². The van der Waals surface area contributed by atoms with Crippen molar-refractivity contribution in [3.05, 3.63) is 90.5 Å². The van der Waals surface area contributed by atoms with Gasteiger partial charge in [-0.3, -0.25) is 14.8 Å². The van der Waals surface area contributed by atoms with Gasteiger partial charge in [0, 0.05) is 18.5 Å². The molecule has 2 heterocycles. The van der Waals surface area contributed by atoms with Crippen molar-refractivity contribution in [2.75, 3.05) is 5.32 Å². The molecule has 0 saturated heterocycles. The van der Waals surface area contributed by atoms with Gasteiger partial charge >= 0.3 is 0 Å². The second-order valence-corrected chi connectivity index (χ2v) is 5.24. The summed E-state index contributed by atoms with van der Waals surface area (Å²) in [6, 6.07) is 16.8. The van der Waals surface area contributed by atoms with E-state index in [0.29, 0.717) is 12.3 Å². The first-order valence-electron chi connectivity index (χ1n) is 7.81. The van der Waals surface area contributed by atoms with E-state index in [9.17, 15) is 4.79 Å². The zero-order valence-electron chi connectivity index (χ0n) is 13.5. The van der Waals surface area contributed by atoms with Crippen molar-refractivity contribution in [3.8, 4) is 5.75 Å². The van der Waals surface area contributed by atoms with Crippen LogP contribution >= 0.6 is 0 Å². The Morgan fingerprint density at radius 1 is 1.04 bits per heavy atom. The number of rotatable bonds is 6. The third-order valence-electron chi connectivity index (χ3n) is 3.35. The van der Waals surface area contributed by atoms with E-state index >= 15 is 0 Å². The van der Waals surface area contributed by atoms with Gasteiger partial charge in [0.2, 0.25) is 5.91 Å². The molecule has 5 heteroatoms. The Morgan fingerprint density at radius 2 is 1.92 bits per heavy atom. The highest BCUT2D eigenvalue weighted by atomic mass is 16.5. The average Bonchev–Trinajstić information content (AvgIpc) is 2.67. The summed E-state index contributed by atoms with van der Waals surface area (Å²) in [7, 11) is 0. The Bertz CT molecular complexity index is 832. The molecule has 0 aliphatic carbocycles. The topological polar surface area (TPSA) is 64.1 Å². The number of ether oxygens (including phenoxy) is 1. The molecule has 0 aliphatic rings. The smallest absolute Gasteiger partial charge is 0.248 e. The summed E-state index contributed by atoms with van der Waals surface area (Å²) in [5.74, 6) is 0.547. The first-order chi connectivity index (χ1) is 12.3. The Morgan fingerprint density at radius 3 is 2.64 bits per heavy atom. The largest absolute Gasteiger partial charge is 0.487 e. The molecule has 0 spiro atoms. The van der Waals surface area contributed by atoms with Gasteiger partial charge in [0.05, 0.1) is 17.6 Å². The van der Waals surface area contributed by atoms with Crippen LogP contribution in [0.25, 0.3) is 6.08 Å². The summed E-state index contributed by atoms with van der Waals surface area (Å²) in [5.41, 5.74) is 2.44. The molecule has 0 saturated carbocycles. The average molecular weight is 331 g/mol. The van der Waals surface area contributed by atoms with Crippen LogP contribution in [0.3, 0.4) is 0 Å². The number of nitrogens with zero attached hydrogens (tertiary/aromatic N) is 2. The fourth-order valence-electron chi connectivity index (χ4n) is 2.11. The third kappa shape index (κ3) is 5.28. The maximum absolute atomic E-state index is 11.9. The van der Waals surface area contributed by atoms with E-state index < -0.39 is 0 Å². The molecule has 5 nitrogen and oxygen atoms in total. The van der Waals surface area contributed by atoms with Gasteiger partial charge in [0.25, 0.3) is 0 Å². The van der Waals surface area contributed by atoms with Crippen molar-refractivity contribution in [1.29, 1.82) is 0 Å². The van der Waals surface area contributed by atoms with Gasteiger partial charge in [-0.15, -0.1) is 0 Å². The molecule has 1 amide bonds. The Labute approximate surface area is 146 Å². The van der Waals surface area contributed by atoms with Crippen molar-refractivity contribution in [2.45, 2.75) is 6.61 Å². The van der Waals surface area contributed by atoms with E-state index in [2.05, 4.69) is 15.3 Å². The van der Waals surface area contributed by atoms with Crippen LogP contribution < -0.4 is 10.1 Å². The number of amides is 1. The summed E-state index contributed by atoms with van der Waals surface area (Å²) in [6.45, 7) is 0.420. The Balaban J connectivity index is 1.52. The molecule has 0 fully saturated rings. The van der Waals surface area contributed by atoms with Gasteiger partial charge in [-0.25, -0.2) is 0 Å². The van der Waals surface area contributed by atoms with Gasteiger partial charge in [0.1, 0.15) is 12.4 Å². The molecule has 2 aromatic heterocycles. The third-order valence-corrected chi connectivity index (χ3v) is 3.35. The second kappa shape index (κ2) is 8.40. The molecule has 0 unspecified atom stereocenters. The highest BCUT2D eigenvalue weighted by molar-refractivity contribution is 6.01. The molecule has 3 rings (SSSR count). The van der Waals surface area contributed by atoms with Gasteiger partial charge in [-0.1, -0.05) is 18.2 Å². The summed E-state index contributed by atoms with van der Waals surface area (Å²) < 4.78 is 5.68. The molecule has 25 heavy (non-hydrogen) atoms. The molecule has 0 atom stereocenters. The van der Waals surface area contributed by atoms with Crippen LogP contribution in [-0.4, -0.2) is 15.9 Å². The van der Waals surface area contributed by atoms with Crippen LogP contribution in [0.15, 0.2) is 79.3 Å². The Hall–Kier alpha value is -3.47. The normalized spacial score (nSPS) is 10.6. The van der Waals surface area contributed by atoms with Crippen LogP contribution in [0, 0.1) is 0 Å². The maximum atomic E-state index is 11.9. The summed E-state index contributed by atoms with van der Waals surface area (Å²) in [4.78, 5) is 20.0. The van der Waals surface area contributed by atoms with Crippen LogP contribution in [0.1, 0.15) is 11.3 Å². The minimum atomic E-state index is -0.205. The first-order valence-corrected chi connectivity index (χ1v) is 7.81. The predicted molar refractivity (Wildman–Crippen MR) is 96.9 cm³/mol. The van der Waals surface area contributed by atoms with Gasteiger partial charge < -0.3 is 10.1 Å². The fourth-order valence-corrected chi connectivity index (χ4v) is 2.11. The van der Waals surface area contributed by atoms with E-state index in [1.165, 1.54) is 6.08 Å². The van der Waals surface area contributed by atoms with Crippen molar-refractivity contribution in [3.63, 3.8) is 0 Å². The zero-order chi connectivity index (χ0) is 17.3. The lowest BCUT2D eigenvalue weighted by atomic mass is 10.2. The summed E-state index contributed by atoms with van der Waals surface area (Å²) >= 11 is 0. The summed E-state index contributed by atoms with van der Waals surface area (Å²) in [6.07, 6.45) is 8.22. The number of hydrogen-bond acceptors (Lipinski definition) is 4. The number of nitrogens with one attached hydrogen (secondary N) is 1. The molecule has 3 aromatic rings. The van der Waals surface area contributed by atoms with E-state index in [0.717, 1.165) is 17.0 Å². The van der Waals surface area contributed by atoms with Gasteiger partial charge in [-0.05, 0) is 48.0 Å². The van der Waals surface area contributed by atoms with Crippen molar-refractivity contribution in [1.82, 2.24) is 9.97 Å². The first kappa shape index (κ1) is 16.4. The quantitative estimate of drug-likeness (QED) is 0.699. The molecule has 1 aromatic carbocycles. The second-order valence-electron chi connectivity index (χ2n) is 5.24. The van der Waals surface area contributed by atoms with E-state index in [1.54, 1.807) is 36.8 Å². The molecular formula is C20H17N3O2. The lowest BCUT2D eigenvalue weighted by molar-refractivity contribution is -0.111. The Kier molecular flexibility index (Phi) is 5.51. The number of benzene rings is 1. The molecule has 0 bridgehead atoms. The monoisotopic (exact) mass is 331 g/mol. The molecule has 1 N–H and O–H groups in total. The van der Waals surface area contributed by atoms with Crippen LogP contribution in [-0.2, 0) is 11.4 Å². The molecular weight excluding hydrogens is 314 g/mol. The lowest BCUT2D eigenvalue weighted by Gasteiger charge is -2.05. The van der Waals surface area contributed by atoms with Gasteiger partial charge in [0.15, 0.2) is 0 Å². The van der Waals surface area contributed by atoms with E-state index in [1.807, 2.05) is 42.5 Å². The van der Waals surface area contributed by atoms with Crippen molar-refractivity contribution >= 4 is 17.7 Å². The predicted octanol–water partition coefficient (Wildman–Crippen LogP) is 3.71. The standard InChI is InChI=1S/C20H17N3O2/c24-20(23-17-5-3-12-21-14-17)11-8-16-6-9-19(10-7-16)25-15-18-4-1-2-13-22-18/h1-14H,15H2,(H,23,24)/b11-8+. The molecule has 0 radical (unpaired) electrons. The SMILES string of the molecule is O=C(/C=C/c1ccc(OCc2ccccn2)cc1)Nc1cccnc1. The number of aromatic nitrogens is 2. The number of anilines is 1. The van der Waals surface area contributed by atoms with Crippen molar-refractivity contribution in [2.24, 2.45) is 0 Å².